The molecule has 2 unspecified atom stereocenters. The molecule has 1 spiro atoms. The molecular formula is C72H51N. The minimum atomic E-state index is -0.509. The number of nitrogens with zero attached hydrogens (tertiary/aromatic N) is 1. The maximum absolute atomic E-state index is 2.54. The predicted octanol–water partition coefficient (Wildman–Crippen LogP) is 18.5. The van der Waals surface area contributed by atoms with Crippen LogP contribution in [-0.2, 0) is 17.3 Å². The van der Waals surface area contributed by atoms with E-state index in [9.17, 15) is 0 Å². The van der Waals surface area contributed by atoms with Gasteiger partial charge in [0.05, 0.1) is 11.1 Å². The van der Waals surface area contributed by atoms with Gasteiger partial charge in [0.15, 0.2) is 0 Å². The zero-order valence-electron chi connectivity index (χ0n) is 41.0. The Balaban J connectivity index is 0.890. The molecule has 0 aliphatic heterocycles. The molecule has 11 aromatic rings. The van der Waals surface area contributed by atoms with Crippen molar-refractivity contribution >= 4 is 17.1 Å². The predicted molar refractivity (Wildman–Crippen MR) is 303 cm³/mol. The van der Waals surface area contributed by atoms with Gasteiger partial charge in [-0.2, -0.15) is 0 Å². The third-order valence-electron chi connectivity index (χ3n) is 17.1. The van der Waals surface area contributed by atoms with Crippen LogP contribution in [0, 0.1) is 0 Å². The zero-order chi connectivity index (χ0) is 48.4. The monoisotopic (exact) mass is 929 g/mol. The molecule has 0 fully saturated rings. The number of fused-ring (bicyclic) bond motifs is 16. The summed E-state index contributed by atoms with van der Waals surface area (Å²) in [5.41, 5.74) is 30.5. The smallest absolute Gasteiger partial charge is 0.0726 e. The molecule has 0 heterocycles. The molecule has 4 aliphatic carbocycles. The van der Waals surface area contributed by atoms with Gasteiger partial charge in [-0.05, 0) is 154 Å². The Bertz CT molecular complexity index is 4030. The van der Waals surface area contributed by atoms with Crippen LogP contribution in [0.5, 0.6) is 0 Å². The van der Waals surface area contributed by atoms with Crippen molar-refractivity contribution in [1.29, 1.82) is 0 Å². The van der Waals surface area contributed by atoms with Gasteiger partial charge >= 0.3 is 0 Å². The highest BCUT2D eigenvalue weighted by atomic mass is 15.1. The lowest BCUT2D eigenvalue weighted by Gasteiger charge is -2.32. The molecular weight excluding hydrogens is 879 g/mol. The van der Waals surface area contributed by atoms with Crippen LogP contribution in [0.15, 0.2) is 255 Å². The molecule has 4 aliphatic rings. The van der Waals surface area contributed by atoms with E-state index in [0.717, 1.165) is 17.8 Å². The summed E-state index contributed by atoms with van der Waals surface area (Å²) < 4.78 is 0. The number of benzene rings is 11. The summed E-state index contributed by atoms with van der Waals surface area (Å²) in [6, 6.07) is 96.2. The molecule has 11 aromatic carbocycles. The summed E-state index contributed by atoms with van der Waals surface area (Å²) in [4.78, 5) is 2.54. The van der Waals surface area contributed by atoms with Gasteiger partial charge < -0.3 is 4.90 Å². The van der Waals surface area contributed by atoms with Gasteiger partial charge in [-0.3, -0.25) is 0 Å². The third-order valence-corrected chi connectivity index (χ3v) is 17.1. The molecule has 2 atom stereocenters. The largest absolute Gasteiger partial charge is 0.310 e. The van der Waals surface area contributed by atoms with Crippen molar-refractivity contribution < 1.29 is 0 Å². The highest BCUT2D eigenvalue weighted by molar-refractivity contribution is 6.02. The molecule has 1 heteroatoms. The quantitative estimate of drug-likeness (QED) is 0.161. The molecule has 0 radical (unpaired) electrons. The topological polar surface area (TPSA) is 3.24 Å². The number of hydrogen-bond acceptors (Lipinski definition) is 1. The summed E-state index contributed by atoms with van der Waals surface area (Å²) in [6.07, 6.45) is 1.01. The van der Waals surface area contributed by atoms with Crippen molar-refractivity contribution in [2.24, 2.45) is 0 Å². The molecule has 0 aromatic heterocycles. The van der Waals surface area contributed by atoms with Gasteiger partial charge in [0.2, 0.25) is 0 Å². The van der Waals surface area contributed by atoms with Crippen LogP contribution in [0.2, 0.25) is 0 Å². The van der Waals surface area contributed by atoms with Gasteiger partial charge in [-0.25, -0.2) is 0 Å². The second-order valence-electron chi connectivity index (χ2n) is 21.1. The lowest BCUT2D eigenvalue weighted by atomic mass is 9.70. The van der Waals surface area contributed by atoms with E-state index in [-0.39, 0.29) is 5.41 Å². The fourth-order valence-corrected chi connectivity index (χ4v) is 13.8. The van der Waals surface area contributed by atoms with Gasteiger partial charge in [-0.15, -0.1) is 0 Å². The molecule has 1 nitrogen and oxygen atoms in total. The third kappa shape index (κ3) is 6.03. The number of anilines is 3. The minimum absolute atomic E-state index is 0.157. The average Bonchev–Trinajstić information content (AvgIpc) is 4.03. The Morgan fingerprint density at radius 3 is 1.63 bits per heavy atom. The first-order valence-corrected chi connectivity index (χ1v) is 25.9. The molecule has 0 N–H and O–H groups in total. The first kappa shape index (κ1) is 42.0. The first-order valence-electron chi connectivity index (χ1n) is 25.9. The van der Waals surface area contributed by atoms with Crippen LogP contribution in [0.25, 0.3) is 66.8 Å². The molecule has 0 saturated heterocycles. The Hall–Kier alpha value is -8.78. The lowest BCUT2D eigenvalue weighted by Crippen LogP contribution is -2.26. The second kappa shape index (κ2) is 15.9. The summed E-state index contributed by atoms with van der Waals surface area (Å²) in [5.74, 6) is 0.315. The standard InChI is InChI=1S/C72H51N/c1-71(2)63-26-13-10-23-57(63)59-42-40-53(45-67(59)71)73(52-38-35-48(36-39-52)47-31-33-49(34-32-47)62-43-51-19-6-7-20-54(51)55-21-8-9-22-56(55)62)69-30-16-29-66-70(69)61-25-12-15-28-65(61)72(66)64-27-14-11-24-58(64)60-41-37-50(44-68(60)72)46-17-4-3-5-18-46/h3-42,44-45,62H,43H2,1-2H3. The normalized spacial score (nSPS) is 16.6. The first-order chi connectivity index (χ1) is 36.0. The van der Waals surface area contributed by atoms with Gasteiger partial charge in [-0.1, -0.05) is 232 Å². The Labute approximate surface area is 428 Å². The van der Waals surface area contributed by atoms with Crippen LogP contribution >= 0.6 is 0 Å². The van der Waals surface area contributed by atoms with E-state index in [4.69, 9.17) is 0 Å². The summed E-state index contributed by atoms with van der Waals surface area (Å²) in [5, 5.41) is 0. The summed E-state index contributed by atoms with van der Waals surface area (Å²) in [7, 11) is 0. The number of hydrogen-bond donors (Lipinski definition) is 0. The maximum atomic E-state index is 2.54. The molecule has 15 rings (SSSR count). The molecule has 0 bridgehead atoms. The highest BCUT2D eigenvalue weighted by Gasteiger charge is 2.52. The van der Waals surface area contributed by atoms with Crippen LogP contribution in [0.3, 0.4) is 0 Å². The Morgan fingerprint density at radius 2 is 0.863 bits per heavy atom. The fourth-order valence-electron chi connectivity index (χ4n) is 13.8. The number of rotatable bonds is 6. The van der Waals surface area contributed by atoms with Crippen molar-refractivity contribution in [2.45, 2.75) is 37.0 Å². The SMILES string of the molecule is CC1(C)c2ccccc2-c2ccc(N(c3ccc(-c4ccc(C5Cc6ccccc6-c6ccccc65)cc4)cc3)c3cccc4c3-c3ccccc3C43c4ccccc4-c4ccc(-c5ccccc5)cc43)cc21. The summed E-state index contributed by atoms with van der Waals surface area (Å²) >= 11 is 0. The lowest BCUT2D eigenvalue weighted by molar-refractivity contribution is 0.660. The van der Waals surface area contributed by atoms with Crippen LogP contribution in [-0.4, -0.2) is 0 Å². The molecule has 0 amide bonds. The second-order valence-corrected chi connectivity index (χ2v) is 21.1. The van der Waals surface area contributed by atoms with Crippen LogP contribution in [0.4, 0.5) is 17.1 Å². The Kier molecular flexibility index (Phi) is 9.11. The van der Waals surface area contributed by atoms with Gasteiger partial charge in [0.25, 0.3) is 0 Å². The zero-order valence-corrected chi connectivity index (χ0v) is 41.0. The van der Waals surface area contributed by atoms with Crippen molar-refractivity contribution in [1.82, 2.24) is 0 Å². The maximum Gasteiger partial charge on any atom is 0.0726 e. The van der Waals surface area contributed by atoms with Gasteiger partial charge in [0, 0.05) is 28.3 Å². The van der Waals surface area contributed by atoms with Crippen LogP contribution < -0.4 is 4.90 Å². The summed E-state index contributed by atoms with van der Waals surface area (Å²) in [6.45, 7) is 4.77. The molecule has 0 saturated carbocycles. The molecule has 344 valence electrons. The fraction of sp³-hybridized carbons (Fsp3) is 0.0833. The van der Waals surface area contributed by atoms with Crippen molar-refractivity contribution in [3.8, 4) is 66.8 Å². The van der Waals surface area contributed by atoms with E-state index < -0.39 is 5.41 Å². The van der Waals surface area contributed by atoms with E-state index in [2.05, 4.69) is 274 Å². The van der Waals surface area contributed by atoms with Crippen molar-refractivity contribution in [3.05, 3.63) is 305 Å². The molecule has 73 heavy (non-hydrogen) atoms. The van der Waals surface area contributed by atoms with E-state index in [1.54, 1.807) is 0 Å². The van der Waals surface area contributed by atoms with E-state index in [1.807, 2.05) is 0 Å². The Morgan fingerprint density at radius 1 is 0.342 bits per heavy atom. The van der Waals surface area contributed by atoms with E-state index in [0.29, 0.717) is 5.92 Å². The van der Waals surface area contributed by atoms with Crippen LogP contribution in [0.1, 0.15) is 69.8 Å². The van der Waals surface area contributed by atoms with Crippen molar-refractivity contribution in [2.75, 3.05) is 4.90 Å². The van der Waals surface area contributed by atoms with E-state index >= 15 is 0 Å². The highest BCUT2D eigenvalue weighted by Crippen LogP contribution is 2.65. The minimum Gasteiger partial charge on any atom is -0.310 e. The van der Waals surface area contributed by atoms with Gasteiger partial charge in [0.1, 0.15) is 0 Å². The average molecular weight is 930 g/mol. The van der Waals surface area contributed by atoms with E-state index in [1.165, 1.54) is 123 Å². The van der Waals surface area contributed by atoms with Crippen molar-refractivity contribution in [3.63, 3.8) is 0 Å².